The van der Waals surface area contributed by atoms with Crippen molar-refractivity contribution >= 4 is 11.9 Å². The average Bonchev–Trinajstić information content (AvgIpc) is 2.76. The van der Waals surface area contributed by atoms with E-state index in [9.17, 15) is 9.59 Å². The summed E-state index contributed by atoms with van der Waals surface area (Å²) in [6.45, 7) is 6.88. The summed E-state index contributed by atoms with van der Waals surface area (Å²) in [5, 5.41) is 2.83. The molecule has 2 fully saturated rings. The Labute approximate surface area is 175 Å². The van der Waals surface area contributed by atoms with Crippen molar-refractivity contribution in [2.75, 3.05) is 37.6 Å². The summed E-state index contributed by atoms with van der Waals surface area (Å²) in [5.41, 5.74) is 3.15. The molecule has 0 saturated carbocycles. The zero-order chi connectivity index (χ0) is 20.7. The molecule has 0 aliphatic carbocycles. The van der Waals surface area contributed by atoms with Gasteiger partial charge >= 0.3 is 0 Å². The third kappa shape index (κ3) is 3.60. The summed E-state index contributed by atoms with van der Waals surface area (Å²) in [7, 11) is 0. The van der Waals surface area contributed by atoms with E-state index in [1.807, 2.05) is 27.9 Å². The number of amides is 1. The van der Waals surface area contributed by atoms with E-state index < -0.39 is 0 Å². The molecule has 2 saturated heterocycles. The Hall–Kier alpha value is -2.74. The standard InChI is InChI=1S/C22H28N6O2/c1-2-15-8-24-22(25-9-15)27-10-16-7-18(13-27)19-4-3-17(21(30)28(19)11-16)12-26-6-5-23-20(29)14-26/h3-4,8-9,16,18H,2,5-7,10-14H2,1H3,(H,23,29)/t16-,18+/m0/s1. The number of hydrogen-bond donors (Lipinski definition) is 1. The first-order chi connectivity index (χ1) is 14.6. The Balaban J connectivity index is 1.36. The van der Waals surface area contributed by atoms with Gasteiger partial charge in [-0.1, -0.05) is 13.0 Å². The smallest absolute Gasteiger partial charge is 0.255 e. The van der Waals surface area contributed by atoms with Crippen LogP contribution in [0.3, 0.4) is 0 Å². The monoisotopic (exact) mass is 408 g/mol. The highest BCUT2D eigenvalue weighted by atomic mass is 16.2. The SMILES string of the molecule is CCc1cnc(N2C[C@@H]3C[C@H](C2)c2ccc(CN4CCNC(=O)C4)c(=O)n2C3)nc1. The number of pyridine rings is 1. The molecule has 2 aromatic rings. The lowest BCUT2D eigenvalue weighted by atomic mass is 9.83. The second-order valence-electron chi connectivity index (χ2n) is 8.71. The number of carbonyl (C=O) groups is 1. The topological polar surface area (TPSA) is 83.4 Å². The highest BCUT2D eigenvalue weighted by Gasteiger charge is 2.36. The van der Waals surface area contributed by atoms with E-state index in [0.717, 1.165) is 61.8 Å². The van der Waals surface area contributed by atoms with Gasteiger partial charge in [0, 0.05) is 68.8 Å². The molecule has 158 valence electrons. The number of rotatable bonds is 4. The van der Waals surface area contributed by atoms with Gasteiger partial charge in [0.2, 0.25) is 11.9 Å². The Morgan fingerprint density at radius 2 is 1.97 bits per heavy atom. The lowest BCUT2D eigenvalue weighted by molar-refractivity contribution is -0.124. The fourth-order valence-corrected chi connectivity index (χ4v) is 5.04. The molecule has 2 aromatic heterocycles. The van der Waals surface area contributed by atoms with Gasteiger partial charge in [-0.25, -0.2) is 9.97 Å². The molecule has 5 heterocycles. The van der Waals surface area contributed by atoms with Crippen molar-refractivity contribution in [3.63, 3.8) is 0 Å². The van der Waals surface area contributed by atoms with Crippen LogP contribution < -0.4 is 15.8 Å². The minimum atomic E-state index is 0.0307. The average molecular weight is 409 g/mol. The van der Waals surface area contributed by atoms with Crippen LogP contribution in [0.2, 0.25) is 0 Å². The van der Waals surface area contributed by atoms with Crippen LogP contribution in [0.4, 0.5) is 5.95 Å². The number of hydrogen-bond acceptors (Lipinski definition) is 6. The first kappa shape index (κ1) is 19.2. The maximum Gasteiger partial charge on any atom is 0.255 e. The summed E-state index contributed by atoms with van der Waals surface area (Å²) in [5.74, 6) is 1.55. The third-order valence-corrected chi connectivity index (χ3v) is 6.58. The fraction of sp³-hybridized carbons (Fsp3) is 0.545. The summed E-state index contributed by atoms with van der Waals surface area (Å²) in [6.07, 6.45) is 5.87. The second kappa shape index (κ2) is 7.83. The van der Waals surface area contributed by atoms with Crippen LogP contribution in [0, 0.1) is 5.92 Å². The summed E-state index contributed by atoms with van der Waals surface area (Å²) in [6, 6.07) is 4.08. The minimum absolute atomic E-state index is 0.0307. The second-order valence-corrected chi connectivity index (χ2v) is 8.71. The number of nitrogens with one attached hydrogen (secondary N) is 1. The van der Waals surface area contributed by atoms with Gasteiger partial charge in [-0.2, -0.15) is 0 Å². The Morgan fingerprint density at radius 1 is 1.13 bits per heavy atom. The van der Waals surface area contributed by atoms with Gasteiger partial charge in [-0.3, -0.25) is 14.5 Å². The minimum Gasteiger partial charge on any atom is -0.354 e. The molecule has 2 bridgehead atoms. The third-order valence-electron chi connectivity index (χ3n) is 6.58. The lowest BCUT2D eigenvalue weighted by Crippen LogP contribution is -2.49. The molecule has 8 heteroatoms. The summed E-state index contributed by atoms with van der Waals surface area (Å²) >= 11 is 0. The number of aryl methyl sites for hydroxylation is 1. The number of carbonyl (C=O) groups excluding carboxylic acids is 1. The van der Waals surface area contributed by atoms with Gasteiger partial charge in [0.25, 0.3) is 5.56 Å². The molecule has 0 spiro atoms. The molecule has 0 aromatic carbocycles. The van der Waals surface area contributed by atoms with Crippen LogP contribution in [-0.4, -0.2) is 58.1 Å². The largest absolute Gasteiger partial charge is 0.354 e. The maximum atomic E-state index is 13.2. The molecule has 0 unspecified atom stereocenters. The van der Waals surface area contributed by atoms with E-state index in [1.165, 1.54) is 0 Å². The molecule has 30 heavy (non-hydrogen) atoms. The number of nitrogens with zero attached hydrogens (tertiary/aromatic N) is 5. The van der Waals surface area contributed by atoms with Gasteiger partial charge in [-0.15, -0.1) is 0 Å². The van der Waals surface area contributed by atoms with E-state index in [1.54, 1.807) is 0 Å². The van der Waals surface area contributed by atoms with Crippen LogP contribution in [0.15, 0.2) is 29.3 Å². The predicted molar refractivity (Wildman–Crippen MR) is 113 cm³/mol. The van der Waals surface area contributed by atoms with Gasteiger partial charge < -0.3 is 14.8 Å². The molecule has 0 radical (unpaired) electrons. The van der Waals surface area contributed by atoms with Crippen molar-refractivity contribution < 1.29 is 4.79 Å². The molecule has 3 aliphatic heterocycles. The number of anilines is 1. The van der Waals surface area contributed by atoms with Crippen LogP contribution in [0.1, 0.15) is 36.1 Å². The van der Waals surface area contributed by atoms with Gasteiger partial charge in [-0.05, 0) is 30.4 Å². The summed E-state index contributed by atoms with van der Waals surface area (Å²) < 4.78 is 1.98. The van der Waals surface area contributed by atoms with Crippen molar-refractivity contribution in [1.82, 2.24) is 24.8 Å². The molecule has 1 N–H and O–H groups in total. The molecule has 8 nitrogen and oxygen atoms in total. The highest BCUT2D eigenvalue weighted by Crippen LogP contribution is 2.36. The molecule has 3 aliphatic rings. The van der Waals surface area contributed by atoms with Gasteiger partial charge in [0.1, 0.15) is 0 Å². The molecular formula is C22H28N6O2. The number of piperazine rings is 1. The van der Waals surface area contributed by atoms with Crippen LogP contribution in [-0.2, 0) is 24.3 Å². The number of aromatic nitrogens is 3. The Kier molecular flexibility index (Phi) is 5.02. The Bertz CT molecular complexity index is 1000. The van der Waals surface area contributed by atoms with E-state index in [2.05, 4.69) is 33.2 Å². The van der Waals surface area contributed by atoms with Crippen molar-refractivity contribution in [1.29, 1.82) is 0 Å². The molecule has 5 rings (SSSR count). The van der Waals surface area contributed by atoms with Crippen LogP contribution >= 0.6 is 0 Å². The first-order valence-corrected chi connectivity index (χ1v) is 10.9. The van der Waals surface area contributed by atoms with Crippen molar-refractivity contribution in [3.8, 4) is 0 Å². The van der Waals surface area contributed by atoms with E-state index in [-0.39, 0.29) is 11.5 Å². The van der Waals surface area contributed by atoms with Crippen molar-refractivity contribution in [2.24, 2.45) is 5.92 Å². The normalized spacial score (nSPS) is 23.8. The van der Waals surface area contributed by atoms with E-state index >= 15 is 0 Å². The first-order valence-electron chi connectivity index (χ1n) is 10.9. The fourth-order valence-electron chi connectivity index (χ4n) is 5.04. The highest BCUT2D eigenvalue weighted by molar-refractivity contribution is 5.78. The maximum absolute atomic E-state index is 13.2. The Morgan fingerprint density at radius 3 is 2.73 bits per heavy atom. The lowest BCUT2D eigenvalue weighted by Gasteiger charge is -2.43. The van der Waals surface area contributed by atoms with E-state index in [0.29, 0.717) is 31.5 Å². The van der Waals surface area contributed by atoms with Crippen LogP contribution in [0.5, 0.6) is 0 Å². The zero-order valence-electron chi connectivity index (χ0n) is 17.4. The molecule has 2 atom stereocenters. The van der Waals surface area contributed by atoms with Gasteiger partial charge in [0.05, 0.1) is 6.54 Å². The molecular weight excluding hydrogens is 380 g/mol. The van der Waals surface area contributed by atoms with Crippen molar-refractivity contribution in [2.45, 2.75) is 38.8 Å². The number of piperidine rings is 1. The number of fused-ring (bicyclic) bond motifs is 4. The predicted octanol–water partition coefficient (Wildman–Crippen LogP) is 0.756. The molecule has 1 amide bonds. The van der Waals surface area contributed by atoms with Gasteiger partial charge in [0.15, 0.2) is 0 Å². The van der Waals surface area contributed by atoms with E-state index in [4.69, 9.17) is 0 Å². The quantitative estimate of drug-likeness (QED) is 0.804. The van der Waals surface area contributed by atoms with Crippen LogP contribution in [0.25, 0.3) is 0 Å². The zero-order valence-corrected chi connectivity index (χ0v) is 17.4. The van der Waals surface area contributed by atoms with Crippen molar-refractivity contribution in [3.05, 3.63) is 51.7 Å². The summed E-state index contributed by atoms with van der Waals surface area (Å²) in [4.78, 5) is 38.3.